The van der Waals surface area contributed by atoms with Crippen LogP contribution in [0.2, 0.25) is 0 Å². The number of carbonyl (C=O) groups is 1. The third-order valence-corrected chi connectivity index (χ3v) is 5.72. The van der Waals surface area contributed by atoms with Gasteiger partial charge >= 0.3 is 0 Å². The molecule has 0 saturated carbocycles. The van der Waals surface area contributed by atoms with E-state index in [1.165, 1.54) is 11.3 Å². The van der Waals surface area contributed by atoms with Crippen molar-refractivity contribution in [2.45, 2.75) is 0 Å². The Morgan fingerprint density at radius 2 is 1.77 bits per heavy atom. The first kappa shape index (κ1) is 22.6. The number of amides is 1. The molecule has 0 aliphatic carbocycles. The first-order chi connectivity index (χ1) is 14.9. The number of aromatic nitrogens is 1. The van der Waals surface area contributed by atoms with Gasteiger partial charge in [0.1, 0.15) is 5.75 Å². The Balaban J connectivity index is 1.87. The lowest BCUT2D eigenvalue weighted by atomic mass is 10.2. The molecule has 2 aromatic carbocycles. The van der Waals surface area contributed by atoms with Gasteiger partial charge in [0.15, 0.2) is 16.6 Å². The van der Waals surface area contributed by atoms with E-state index in [1.807, 2.05) is 55.4 Å². The van der Waals surface area contributed by atoms with Crippen LogP contribution < -0.4 is 19.1 Å². The largest absolute Gasteiger partial charge is 0.497 e. The highest BCUT2D eigenvalue weighted by Crippen LogP contribution is 2.32. The maximum Gasteiger partial charge on any atom is 0.252 e. The molecule has 3 aromatic rings. The molecular weight excluding hydrogens is 414 g/mol. The fourth-order valence-electron chi connectivity index (χ4n) is 2.95. The first-order valence-electron chi connectivity index (χ1n) is 9.76. The lowest BCUT2D eigenvalue weighted by Gasteiger charge is -2.20. The van der Waals surface area contributed by atoms with Crippen LogP contribution in [0.3, 0.4) is 0 Å². The van der Waals surface area contributed by atoms with Gasteiger partial charge in [-0.2, -0.15) is 0 Å². The second-order valence-corrected chi connectivity index (χ2v) is 8.08. The van der Waals surface area contributed by atoms with E-state index in [0.29, 0.717) is 23.2 Å². The summed E-state index contributed by atoms with van der Waals surface area (Å²) in [7, 11) is 8.76. The predicted octanol–water partition coefficient (Wildman–Crippen LogP) is 3.93. The molecule has 0 aliphatic heterocycles. The molecule has 31 heavy (non-hydrogen) atoms. The quantitative estimate of drug-likeness (QED) is 0.469. The van der Waals surface area contributed by atoms with Crippen LogP contribution in [-0.4, -0.2) is 64.3 Å². The molecule has 1 aromatic heterocycles. The molecule has 1 heterocycles. The summed E-state index contributed by atoms with van der Waals surface area (Å²) in [6, 6.07) is 11.2. The molecule has 0 bridgehead atoms. The van der Waals surface area contributed by atoms with Gasteiger partial charge < -0.3 is 19.1 Å². The third-order valence-electron chi connectivity index (χ3n) is 4.68. The Morgan fingerprint density at radius 1 is 1.00 bits per heavy atom. The maximum atomic E-state index is 13.1. The molecule has 7 nitrogen and oxygen atoms in total. The van der Waals surface area contributed by atoms with E-state index in [4.69, 9.17) is 14.2 Å². The lowest BCUT2D eigenvalue weighted by molar-refractivity contribution is -0.114. The van der Waals surface area contributed by atoms with Gasteiger partial charge in [-0.05, 0) is 56.1 Å². The summed E-state index contributed by atoms with van der Waals surface area (Å²) in [6.45, 7) is 1.24. The monoisotopic (exact) mass is 441 g/mol. The number of ether oxygens (including phenoxy) is 3. The summed E-state index contributed by atoms with van der Waals surface area (Å²) in [4.78, 5) is 21.5. The van der Waals surface area contributed by atoms with Crippen molar-refractivity contribution in [1.82, 2.24) is 9.88 Å². The van der Waals surface area contributed by atoms with Crippen molar-refractivity contribution in [1.29, 1.82) is 0 Å². The fourth-order valence-corrected chi connectivity index (χ4v) is 3.97. The minimum Gasteiger partial charge on any atom is -0.497 e. The molecule has 3 rings (SSSR count). The van der Waals surface area contributed by atoms with E-state index in [0.717, 1.165) is 28.1 Å². The standard InChI is InChI=1S/C23H27N3O4S/c1-25(2)12-13-26(23-24-18-9-8-17(28-3)15-21(18)31-23)22(27)11-7-16-6-10-19(29-4)20(14-16)30-5/h6-11,14-15H,12-13H2,1-5H3. The van der Waals surface area contributed by atoms with Crippen LogP contribution in [-0.2, 0) is 4.79 Å². The van der Waals surface area contributed by atoms with Crippen molar-refractivity contribution in [2.75, 3.05) is 53.4 Å². The minimum atomic E-state index is -0.136. The number of benzene rings is 2. The third kappa shape index (κ3) is 5.53. The van der Waals surface area contributed by atoms with E-state index in [-0.39, 0.29) is 5.91 Å². The zero-order valence-corrected chi connectivity index (χ0v) is 19.2. The smallest absolute Gasteiger partial charge is 0.252 e. The molecule has 0 aliphatic rings. The number of thiazole rings is 1. The Morgan fingerprint density at radius 3 is 2.45 bits per heavy atom. The van der Waals surface area contributed by atoms with Gasteiger partial charge in [-0.3, -0.25) is 9.69 Å². The summed E-state index contributed by atoms with van der Waals surface area (Å²) in [6.07, 6.45) is 3.33. The number of carbonyl (C=O) groups excluding carboxylic acids is 1. The van der Waals surface area contributed by atoms with Crippen molar-refractivity contribution in [3.05, 3.63) is 48.0 Å². The van der Waals surface area contributed by atoms with Gasteiger partial charge in [-0.1, -0.05) is 17.4 Å². The van der Waals surface area contributed by atoms with Gasteiger partial charge in [-0.25, -0.2) is 4.98 Å². The Kier molecular flexibility index (Phi) is 7.49. The SMILES string of the molecule is COc1ccc2nc(N(CCN(C)C)C(=O)C=Cc3ccc(OC)c(OC)c3)sc2c1. The Labute approximate surface area is 186 Å². The summed E-state index contributed by atoms with van der Waals surface area (Å²) in [5.74, 6) is 1.88. The number of anilines is 1. The molecular formula is C23H27N3O4S. The molecule has 164 valence electrons. The van der Waals surface area contributed by atoms with Crippen molar-refractivity contribution < 1.29 is 19.0 Å². The first-order valence-corrected chi connectivity index (χ1v) is 10.6. The number of hydrogen-bond acceptors (Lipinski definition) is 7. The molecule has 1 amide bonds. The second kappa shape index (κ2) is 10.3. The molecule has 0 atom stereocenters. The zero-order chi connectivity index (χ0) is 22.4. The van der Waals surface area contributed by atoms with Crippen molar-refractivity contribution >= 4 is 38.7 Å². The highest BCUT2D eigenvalue weighted by molar-refractivity contribution is 7.22. The van der Waals surface area contributed by atoms with E-state index < -0.39 is 0 Å². The molecule has 0 saturated heterocycles. The number of likely N-dealkylation sites (N-methyl/N-ethyl adjacent to an activating group) is 1. The zero-order valence-electron chi connectivity index (χ0n) is 18.4. The molecule has 0 N–H and O–H groups in total. The number of nitrogens with zero attached hydrogens (tertiary/aromatic N) is 3. The van der Waals surface area contributed by atoms with E-state index in [2.05, 4.69) is 4.98 Å². The molecule has 0 spiro atoms. The lowest BCUT2D eigenvalue weighted by Crippen LogP contribution is -2.35. The maximum absolute atomic E-state index is 13.1. The minimum absolute atomic E-state index is 0.136. The van der Waals surface area contributed by atoms with Crippen LogP contribution in [0.5, 0.6) is 17.2 Å². The molecule has 8 heteroatoms. The average molecular weight is 442 g/mol. The topological polar surface area (TPSA) is 64.1 Å². The van der Waals surface area contributed by atoms with Gasteiger partial charge in [0.2, 0.25) is 0 Å². The highest BCUT2D eigenvalue weighted by Gasteiger charge is 2.18. The van der Waals surface area contributed by atoms with Gasteiger partial charge in [0, 0.05) is 19.2 Å². The summed E-state index contributed by atoms with van der Waals surface area (Å²) >= 11 is 1.47. The van der Waals surface area contributed by atoms with Crippen LogP contribution in [0.25, 0.3) is 16.3 Å². The Bertz CT molecular complexity index is 1080. The highest BCUT2D eigenvalue weighted by atomic mass is 32.1. The van der Waals surface area contributed by atoms with Crippen molar-refractivity contribution in [2.24, 2.45) is 0 Å². The molecule has 0 unspecified atom stereocenters. The summed E-state index contributed by atoms with van der Waals surface area (Å²) in [5, 5.41) is 0.659. The molecule has 0 fully saturated rings. The predicted molar refractivity (Wildman–Crippen MR) is 126 cm³/mol. The number of hydrogen-bond donors (Lipinski definition) is 0. The molecule has 0 radical (unpaired) electrons. The van der Waals surface area contributed by atoms with Crippen LogP contribution in [0.4, 0.5) is 5.13 Å². The Hall–Kier alpha value is -3.10. The van der Waals surface area contributed by atoms with Crippen LogP contribution in [0.15, 0.2) is 42.5 Å². The van der Waals surface area contributed by atoms with E-state index in [9.17, 15) is 4.79 Å². The van der Waals surface area contributed by atoms with Crippen molar-refractivity contribution in [3.8, 4) is 17.2 Å². The number of methoxy groups -OCH3 is 3. The summed E-state index contributed by atoms with van der Waals surface area (Å²) in [5.41, 5.74) is 1.68. The number of rotatable bonds is 9. The fraction of sp³-hybridized carbons (Fsp3) is 0.304. The van der Waals surface area contributed by atoms with Crippen LogP contribution in [0, 0.1) is 0 Å². The van der Waals surface area contributed by atoms with Gasteiger partial charge in [0.05, 0.1) is 31.5 Å². The van der Waals surface area contributed by atoms with Crippen molar-refractivity contribution in [3.63, 3.8) is 0 Å². The van der Waals surface area contributed by atoms with Crippen LogP contribution >= 0.6 is 11.3 Å². The van der Waals surface area contributed by atoms with Gasteiger partial charge in [0.25, 0.3) is 5.91 Å². The number of fused-ring (bicyclic) bond motifs is 1. The van der Waals surface area contributed by atoms with E-state index >= 15 is 0 Å². The second-order valence-electron chi connectivity index (χ2n) is 7.07. The van der Waals surface area contributed by atoms with Crippen LogP contribution in [0.1, 0.15) is 5.56 Å². The van der Waals surface area contributed by atoms with Gasteiger partial charge in [-0.15, -0.1) is 0 Å². The summed E-state index contributed by atoms with van der Waals surface area (Å²) < 4.78 is 16.9. The average Bonchev–Trinajstić information content (AvgIpc) is 3.19. The van der Waals surface area contributed by atoms with E-state index in [1.54, 1.807) is 38.4 Å². The normalized spacial score (nSPS) is 11.3.